The fourth-order valence-corrected chi connectivity index (χ4v) is 6.22. The molecule has 0 bridgehead atoms. The largest absolute Gasteiger partial charge is 0.518 e. The Bertz CT molecular complexity index is 1920. The number of nitrogens with zero attached hydrogens (tertiary/aromatic N) is 5. The highest BCUT2D eigenvalue weighted by Crippen LogP contribution is 2.39. The minimum atomic E-state index is -1.17. The molecule has 4 aromatic rings. The van der Waals surface area contributed by atoms with E-state index in [1.165, 1.54) is 12.1 Å². The van der Waals surface area contributed by atoms with E-state index < -0.39 is 29.2 Å². The number of halogens is 2. The van der Waals surface area contributed by atoms with Crippen molar-refractivity contribution in [3.63, 3.8) is 0 Å². The van der Waals surface area contributed by atoms with Crippen LogP contribution in [0.2, 0.25) is 5.15 Å². The van der Waals surface area contributed by atoms with E-state index in [1.807, 2.05) is 37.6 Å². The highest BCUT2D eigenvalue weighted by atomic mass is 35.5. The lowest BCUT2D eigenvalue weighted by molar-refractivity contribution is 0.00871. The van der Waals surface area contributed by atoms with Gasteiger partial charge in [-0.2, -0.15) is 9.78 Å². The van der Waals surface area contributed by atoms with Crippen molar-refractivity contribution in [2.75, 3.05) is 26.2 Å². The summed E-state index contributed by atoms with van der Waals surface area (Å²) in [6.45, 7) is 14.3. The van der Waals surface area contributed by atoms with Gasteiger partial charge >= 0.3 is 12.2 Å². The van der Waals surface area contributed by atoms with Crippen LogP contribution >= 0.6 is 11.6 Å². The SMILES string of the molecule is CC(C)(C)OC(=O)OC(=O)n1nc(C(C)(C)C)c(-c2ccc3c(C(=O)C4COc5ccc(F)cc5C4)cn(CCN4CCC4)c3n2)c1Cl. The van der Waals surface area contributed by atoms with Crippen molar-refractivity contribution in [3.05, 3.63) is 64.3 Å². The van der Waals surface area contributed by atoms with Gasteiger partial charge < -0.3 is 23.7 Å². The molecule has 1 fully saturated rings. The standard InChI is InChI=1S/C35H39ClFN5O6/c1-34(2,3)29-27(30(36)42(39-29)32(44)47-33(45)48-35(4,5)6)25-10-9-23-24(18-41(31(23)38-25)15-14-40-12-7-13-40)28(43)21-16-20-17-22(37)8-11-26(20)46-19-21/h8-11,17-18,21H,7,12-16,19H2,1-6H3. The van der Waals surface area contributed by atoms with Gasteiger partial charge in [0.25, 0.3) is 0 Å². The molecule has 1 saturated heterocycles. The Morgan fingerprint density at radius 3 is 2.48 bits per heavy atom. The molecule has 3 aromatic heterocycles. The minimum absolute atomic E-state index is 0.0828. The zero-order valence-corrected chi connectivity index (χ0v) is 28.7. The van der Waals surface area contributed by atoms with Crippen LogP contribution in [-0.2, 0) is 27.9 Å². The lowest BCUT2D eigenvalue weighted by Crippen LogP contribution is -2.39. The second-order valence-electron chi connectivity index (χ2n) is 14.3. The van der Waals surface area contributed by atoms with Gasteiger partial charge in [0.1, 0.15) is 28.0 Å². The Kier molecular flexibility index (Phi) is 8.84. The van der Waals surface area contributed by atoms with Crippen LogP contribution in [0.4, 0.5) is 14.0 Å². The molecule has 11 nitrogen and oxygen atoms in total. The molecule has 6 rings (SSSR count). The van der Waals surface area contributed by atoms with E-state index in [9.17, 15) is 18.8 Å². The number of carbonyl (C=O) groups is 3. The minimum Gasteiger partial charge on any atom is -0.493 e. The second kappa shape index (κ2) is 12.6. The van der Waals surface area contributed by atoms with Gasteiger partial charge in [-0.15, -0.1) is 0 Å². The molecule has 2 aliphatic heterocycles. The molecular formula is C35H39ClFN5O6. The van der Waals surface area contributed by atoms with E-state index in [-0.39, 0.29) is 23.4 Å². The molecule has 254 valence electrons. The number of hydrogen-bond donors (Lipinski definition) is 0. The van der Waals surface area contributed by atoms with Gasteiger partial charge in [-0.25, -0.2) is 19.0 Å². The molecule has 0 spiro atoms. The number of Topliss-reactive ketones (excluding diaryl/α,β-unsaturated/α-hetero) is 1. The number of hydrogen-bond acceptors (Lipinski definition) is 9. The van der Waals surface area contributed by atoms with Gasteiger partial charge in [0.15, 0.2) is 5.78 Å². The number of ether oxygens (including phenoxy) is 3. The van der Waals surface area contributed by atoms with Crippen LogP contribution < -0.4 is 4.74 Å². The number of aromatic nitrogens is 4. The molecule has 2 aliphatic rings. The highest BCUT2D eigenvalue weighted by Gasteiger charge is 2.34. The molecule has 1 unspecified atom stereocenters. The number of rotatable bonds is 6. The number of fused-ring (bicyclic) bond motifs is 2. The topological polar surface area (TPSA) is 118 Å². The van der Waals surface area contributed by atoms with Crippen molar-refractivity contribution in [1.82, 2.24) is 24.2 Å². The molecule has 0 radical (unpaired) electrons. The first-order chi connectivity index (χ1) is 22.6. The third kappa shape index (κ3) is 6.82. The van der Waals surface area contributed by atoms with E-state index in [1.54, 1.807) is 32.9 Å². The molecule has 0 aliphatic carbocycles. The first-order valence-electron chi connectivity index (χ1n) is 16.0. The first-order valence-corrected chi connectivity index (χ1v) is 16.4. The summed E-state index contributed by atoms with van der Waals surface area (Å²) in [6, 6.07) is 7.92. The maximum absolute atomic E-state index is 14.0. The zero-order chi connectivity index (χ0) is 34.5. The molecule has 1 atom stereocenters. The second-order valence-corrected chi connectivity index (χ2v) is 14.7. The Balaban J connectivity index is 1.39. The first kappa shape index (κ1) is 33.6. The van der Waals surface area contributed by atoms with Crippen LogP contribution in [0.15, 0.2) is 36.5 Å². The van der Waals surface area contributed by atoms with Crippen molar-refractivity contribution in [2.45, 2.75) is 71.9 Å². The van der Waals surface area contributed by atoms with Crippen molar-refractivity contribution in [1.29, 1.82) is 0 Å². The number of ketones is 1. The van der Waals surface area contributed by atoms with Crippen LogP contribution in [0.25, 0.3) is 22.3 Å². The van der Waals surface area contributed by atoms with Crippen LogP contribution in [0, 0.1) is 11.7 Å². The lowest BCUT2D eigenvalue weighted by Gasteiger charge is -2.30. The van der Waals surface area contributed by atoms with Gasteiger partial charge in [-0.05, 0) is 82.6 Å². The summed E-state index contributed by atoms with van der Waals surface area (Å²) in [5, 5.41) is 5.03. The van der Waals surface area contributed by atoms with E-state index in [2.05, 4.69) is 10.00 Å². The molecule has 13 heteroatoms. The Morgan fingerprint density at radius 1 is 1.06 bits per heavy atom. The summed E-state index contributed by atoms with van der Waals surface area (Å²) in [5.74, 6) is -0.395. The summed E-state index contributed by atoms with van der Waals surface area (Å²) < 4.78 is 32.7. The van der Waals surface area contributed by atoms with Gasteiger partial charge in [0, 0.05) is 35.7 Å². The Hall–Kier alpha value is -4.29. The quantitative estimate of drug-likeness (QED) is 0.120. The van der Waals surface area contributed by atoms with Crippen molar-refractivity contribution in [3.8, 4) is 17.0 Å². The number of likely N-dealkylation sites (tertiary alicyclic amines) is 1. The summed E-state index contributed by atoms with van der Waals surface area (Å²) in [4.78, 5) is 46.7. The number of carbonyl (C=O) groups excluding carboxylic acids is 3. The monoisotopic (exact) mass is 679 g/mol. The summed E-state index contributed by atoms with van der Waals surface area (Å²) in [7, 11) is 0. The van der Waals surface area contributed by atoms with Gasteiger partial charge in [-0.1, -0.05) is 32.4 Å². The Labute approximate surface area is 282 Å². The van der Waals surface area contributed by atoms with Crippen LogP contribution in [0.5, 0.6) is 5.75 Å². The van der Waals surface area contributed by atoms with Gasteiger partial charge in [0.2, 0.25) is 0 Å². The summed E-state index contributed by atoms with van der Waals surface area (Å²) in [6.07, 6.45) is 1.05. The van der Waals surface area contributed by atoms with Crippen molar-refractivity contribution in [2.24, 2.45) is 5.92 Å². The van der Waals surface area contributed by atoms with E-state index in [0.717, 1.165) is 30.7 Å². The van der Waals surface area contributed by atoms with Crippen molar-refractivity contribution >= 4 is 40.7 Å². The third-order valence-corrected chi connectivity index (χ3v) is 8.77. The highest BCUT2D eigenvalue weighted by molar-refractivity contribution is 6.33. The number of benzene rings is 1. The fourth-order valence-electron chi connectivity index (χ4n) is 5.93. The van der Waals surface area contributed by atoms with E-state index in [0.29, 0.717) is 57.8 Å². The molecule has 0 saturated carbocycles. The fraction of sp³-hybridized carbons (Fsp3) is 0.457. The maximum atomic E-state index is 14.0. The average Bonchev–Trinajstić information content (AvgIpc) is 3.52. The maximum Gasteiger partial charge on any atom is 0.518 e. The van der Waals surface area contributed by atoms with Crippen LogP contribution in [-0.4, -0.2) is 74.1 Å². The van der Waals surface area contributed by atoms with E-state index >= 15 is 0 Å². The molecule has 0 amide bonds. The molecule has 48 heavy (non-hydrogen) atoms. The molecule has 1 aromatic carbocycles. The third-order valence-electron chi connectivity index (χ3n) is 8.42. The summed E-state index contributed by atoms with van der Waals surface area (Å²) >= 11 is 6.81. The van der Waals surface area contributed by atoms with Crippen LogP contribution in [0.1, 0.15) is 69.6 Å². The predicted octanol–water partition coefficient (Wildman–Crippen LogP) is 7.05. The average molecular weight is 680 g/mol. The van der Waals surface area contributed by atoms with E-state index in [4.69, 9.17) is 30.8 Å². The zero-order valence-electron chi connectivity index (χ0n) is 27.9. The van der Waals surface area contributed by atoms with Crippen molar-refractivity contribution < 1.29 is 33.0 Å². The Morgan fingerprint density at radius 2 is 1.81 bits per heavy atom. The lowest BCUT2D eigenvalue weighted by atomic mass is 9.88. The summed E-state index contributed by atoms with van der Waals surface area (Å²) in [5.41, 5.74) is 1.55. The molecule has 0 N–H and O–H groups in total. The molecular weight excluding hydrogens is 641 g/mol. The predicted molar refractivity (Wildman–Crippen MR) is 177 cm³/mol. The van der Waals surface area contributed by atoms with Gasteiger partial charge in [-0.3, -0.25) is 4.79 Å². The van der Waals surface area contributed by atoms with Gasteiger partial charge in [0.05, 0.1) is 29.5 Å². The number of pyridine rings is 1. The smallest absolute Gasteiger partial charge is 0.493 e. The normalized spacial score (nSPS) is 16.6. The molecule has 5 heterocycles. The van der Waals surface area contributed by atoms with Crippen LogP contribution in [0.3, 0.4) is 0 Å².